The second-order valence-electron chi connectivity index (χ2n) is 7.64. The Kier molecular flexibility index (Phi) is 5.34. The van der Waals surface area contributed by atoms with Gasteiger partial charge in [-0.1, -0.05) is 12.1 Å². The van der Waals surface area contributed by atoms with E-state index in [4.69, 9.17) is 0 Å². The van der Waals surface area contributed by atoms with Crippen molar-refractivity contribution in [2.24, 2.45) is 0 Å². The molecular weight excluding hydrogens is 366 g/mol. The maximum Gasteiger partial charge on any atom is 0.254 e. The van der Waals surface area contributed by atoms with Crippen molar-refractivity contribution in [3.05, 3.63) is 65.2 Å². The third kappa shape index (κ3) is 4.16. The number of rotatable bonds is 6. The van der Waals surface area contributed by atoms with Crippen molar-refractivity contribution in [1.29, 1.82) is 0 Å². The van der Waals surface area contributed by atoms with Gasteiger partial charge in [-0.3, -0.25) is 14.4 Å². The van der Waals surface area contributed by atoms with Crippen LogP contribution < -0.4 is 10.2 Å². The van der Waals surface area contributed by atoms with Crippen LogP contribution in [-0.2, 0) is 11.3 Å². The summed E-state index contributed by atoms with van der Waals surface area (Å²) in [6.45, 7) is 1.26. The highest BCUT2D eigenvalue weighted by atomic mass is 16.2. The van der Waals surface area contributed by atoms with E-state index in [0.717, 1.165) is 37.1 Å². The van der Waals surface area contributed by atoms with Crippen molar-refractivity contribution >= 4 is 23.4 Å². The van der Waals surface area contributed by atoms with Crippen LogP contribution in [0.2, 0.25) is 0 Å². The highest BCUT2D eigenvalue weighted by Crippen LogP contribution is 2.30. The Balaban J connectivity index is 1.48. The Labute approximate surface area is 170 Å². The average Bonchev–Trinajstić information content (AvgIpc) is 3.51. The molecule has 0 aromatic heterocycles. The van der Waals surface area contributed by atoms with Gasteiger partial charge in [0, 0.05) is 49.4 Å². The summed E-state index contributed by atoms with van der Waals surface area (Å²) >= 11 is 0. The highest BCUT2D eigenvalue weighted by Gasteiger charge is 2.33. The summed E-state index contributed by atoms with van der Waals surface area (Å²) < 4.78 is 0. The highest BCUT2D eigenvalue weighted by molar-refractivity contribution is 5.98. The van der Waals surface area contributed by atoms with E-state index >= 15 is 0 Å². The van der Waals surface area contributed by atoms with Gasteiger partial charge in [-0.15, -0.1) is 0 Å². The Morgan fingerprint density at radius 1 is 1.03 bits per heavy atom. The molecule has 0 atom stereocenters. The summed E-state index contributed by atoms with van der Waals surface area (Å²) in [7, 11) is 1.61. The van der Waals surface area contributed by atoms with E-state index < -0.39 is 0 Å². The van der Waals surface area contributed by atoms with E-state index in [1.165, 1.54) is 0 Å². The molecule has 1 N–H and O–H groups in total. The van der Waals surface area contributed by atoms with Gasteiger partial charge >= 0.3 is 0 Å². The topological polar surface area (TPSA) is 69.7 Å². The molecule has 2 fully saturated rings. The van der Waals surface area contributed by atoms with Gasteiger partial charge in [0.2, 0.25) is 5.91 Å². The maximum atomic E-state index is 13.1. The van der Waals surface area contributed by atoms with Gasteiger partial charge in [0.1, 0.15) is 0 Å². The first-order valence-electron chi connectivity index (χ1n) is 10.1. The molecule has 0 unspecified atom stereocenters. The number of benzene rings is 2. The van der Waals surface area contributed by atoms with E-state index in [0.29, 0.717) is 24.1 Å². The van der Waals surface area contributed by atoms with E-state index in [9.17, 15) is 14.4 Å². The fourth-order valence-corrected chi connectivity index (χ4v) is 3.73. The van der Waals surface area contributed by atoms with Crippen LogP contribution in [0.4, 0.5) is 5.69 Å². The predicted molar refractivity (Wildman–Crippen MR) is 111 cm³/mol. The van der Waals surface area contributed by atoms with E-state index in [2.05, 4.69) is 5.32 Å². The lowest BCUT2D eigenvalue weighted by atomic mass is 10.1. The van der Waals surface area contributed by atoms with Crippen molar-refractivity contribution in [3.63, 3.8) is 0 Å². The molecule has 2 aromatic carbocycles. The van der Waals surface area contributed by atoms with Gasteiger partial charge in [0.05, 0.1) is 0 Å². The third-order valence-electron chi connectivity index (χ3n) is 5.54. The lowest BCUT2D eigenvalue weighted by molar-refractivity contribution is -0.117. The fraction of sp³-hybridized carbons (Fsp3) is 0.348. The number of carbonyl (C=O) groups excluding carboxylic acids is 3. The Hall–Kier alpha value is -3.15. The zero-order chi connectivity index (χ0) is 20.4. The third-order valence-corrected chi connectivity index (χ3v) is 5.54. The van der Waals surface area contributed by atoms with Gasteiger partial charge in [0.15, 0.2) is 0 Å². The normalized spacial score (nSPS) is 16.0. The molecule has 6 heteroatoms. The fourth-order valence-electron chi connectivity index (χ4n) is 3.73. The van der Waals surface area contributed by atoms with Gasteiger partial charge < -0.3 is 15.1 Å². The number of anilines is 1. The molecule has 1 saturated carbocycles. The molecule has 3 amide bonds. The number of amides is 3. The van der Waals surface area contributed by atoms with Crippen molar-refractivity contribution < 1.29 is 14.4 Å². The minimum absolute atomic E-state index is 0.00202. The van der Waals surface area contributed by atoms with Crippen LogP contribution in [0.25, 0.3) is 0 Å². The van der Waals surface area contributed by atoms with Crippen LogP contribution in [-0.4, -0.2) is 42.3 Å². The van der Waals surface area contributed by atoms with E-state index in [1.54, 1.807) is 24.1 Å². The van der Waals surface area contributed by atoms with Crippen molar-refractivity contribution in [1.82, 2.24) is 10.2 Å². The summed E-state index contributed by atoms with van der Waals surface area (Å²) in [6, 6.07) is 15.0. The molecule has 1 heterocycles. The van der Waals surface area contributed by atoms with Crippen LogP contribution in [0.5, 0.6) is 0 Å². The van der Waals surface area contributed by atoms with Crippen molar-refractivity contribution in [3.8, 4) is 0 Å². The smallest absolute Gasteiger partial charge is 0.254 e. The maximum absolute atomic E-state index is 13.1. The monoisotopic (exact) mass is 391 g/mol. The van der Waals surface area contributed by atoms with Gasteiger partial charge in [-0.05, 0) is 61.2 Å². The minimum atomic E-state index is -0.122. The molecule has 2 aromatic rings. The summed E-state index contributed by atoms with van der Waals surface area (Å²) in [5.74, 6) is 0.0225. The molecule has 1 aliphatic heterocycles. The molecule has 1 saturated heterocycles. The zero-order valence-electron chi connectivity index (χ0n) is 16.6. The molecule has 4 rings (SSSR count). The summed E-state index contributed by atoms with van der Waals surface area (Å²) in [6.07, 6.45) is 3.51. The van der Waals surface area contributed by atoms with Crippen LogP contribution in [0.3, 0.4) is 0 Å². The number of carbonyl (C=O) groups is 3. The second-order valence-corrected chi connectivity index (χ2v) is 7.64. The van der Waals surface area contributed by atoms with Gasteiger partial charge in [-0.2, -0.15) is 0 Å². The molecule has 29 heavy (non-hydrogen) atoms. The molecule has 0 bridgehead atoms. The quantitative estimate of drug-likeness (QED) is 0.823. The van der Waals surface area contributed by atoms with Crippen molar-refractivity contribution in [2.75, 3.05) is 18.5 Å². The predicted octanol–water partition coefficient (Wildman–Crippen LogP) is 2.98. The molecule has 0 radical (unpaired) electrons. The molecular formula is C23H25N3O3. The molecule has 0 spiro atoms. The largest absolute Gasteiger partial charge is 0.355 e. The Morgan fingerprint density at radius 2 is 1.69 bits per heavy atom. The molecule has 1 aliphatic carbocycles. The van der Waals surface area contributed by atoms with Crippen molar-refractivity contribution in [2.45, 2.75) is 38.3 Å². The first-order chi connectivity index (χ1) is 14.1. The van der Waals surface area contributed by atoms with Crippen LogP contribution in [0, 0.1) is 0 Å². The summed E-state index contributed by atoms with van der Waals surface area (Å²) in [5, 5.41) is 2.61. The number of hydrogen-bond acceptors (Lipinski definition) is 3. The van der Waals surface area contributed by atoms with E-state index in [-0.39, 0.29) is 23.8 Å². The zero-order valence-corrected chi connectivity index (χ0v) is 16.6. The van der Waals surface area contributed by atoms with Gasteiger partial charge in [0.25, 0.3) is 11.8 Å². The summed E-state index contributed by atoms with van der Waals surface area (Å²) in [5.41, 5.74) is 3.09. The number of hydrogen-bond donors (Lipinski definition) is 1. The van der Waals surface area contributed by atoms with Crippen LogP contribution in [0.15, 0.2) is 48.5 Å². The second kappa shape index (κ2) is 8.07. The van der Waals surface area contributed by atoms with Crippen LogP contribution in [0.1, 0.15) is 52.0 Å². The first kappa shape index (κ1) is 19.2. The standard InChI is InChI=1S/C23H25N3O3/c1-24-22(28)17-6-4-16(5-7-17)15-26(20-12-13-20)23(29)18-8-10-19(11-9-18)25-14-2-3-21(25)27/h4-11,20H,2-3,12-15H2,1H3,(H,24,28). The van der Waals surface area contributed by atoms with Gasteiger partial charge in [-0.25, -0.2) is 0 Å². The average molecular weight is 391 g/mol. The SMILES string of the molecule is CNC(=O)c1ccc(CN(C(=O)c2ccc(N3CCCC3=O)cc2)C2CC2)cc1. The Bertz CT molecular complexity index is 917. The lowest BCUT2D eigenvalue weighted by Gasteiger charge is -2.23. The van der Waals surface area contributed by atoms with E-state index in [1.807, 2.05) is 41.3 Å². The molecule has 6 nitrogen and oxygen atoms in total. The summed E-state index contributed by atoms with van der Waals surface area (Å²) in [4.78, 5) is 40.4. The molecule has 2 aliphatic rings. The first-order valence-corrected chi connectivity index (χ1v) is 10.1. The number of nitrogens with one attached hydrogen (secondary N) is 1. The van der Waals surface area contributed by atoms with Crippen LogP contribution >= 0.6 is 0 Å². The Morgan fingerprint density at radius 3 is 2.24 bits per heavy atom. The lowest BCUT2D eigenvalue weighted by Crippen LogP contribution is -2.32. The number of nitrogens with zero attached hydrogens (tertiary/aromatic N) is 2. The minimum Gasteiger partial charge on any atom is -0.355 e. The molecule has 150 valence electrons.